The Morgan fingerprint density at radius 3 is 2.50 bits per heavy atom. The van der Waals surface area contributed by atoms with Gasteiger partial charge in [0.1, 0.15) is 6.04 Å². The first-order chi connectivity index (χ1) is 11.1. The fourth-order valence-electron chi connectivity index (χ4n) is 2.24. The van der Waals surface area contributed by atoms with Crippen LogP contribution in [-0.4, -0.2) is 27.9 Å². The summed E-state index contributed by atoms with van der Waals surface area (Å²) in [6, 6.07) is 3.11. The first kappa shape index (κ1) is 19.3. The predicted octanol–water partition coefficient (Wildman–Crippen LogP) is 3.04. The van der Waals surface area contributed by atoms with Crippen LogP contribution >= 0.6 is 0 Å². The Morgan fingerprint density at radius 2 is 2.04 bits per heavy atom. The molecular formula is C17H22N2O5. The number of benzene rings is 1. The van der Waals surface area contributed by atoms with Crippen molar-refractivity contribution in [3.05, 3.63) is 52.1 Å². The van der Waals surface area contributed by atoms with E-state index in [1.807, 2.05) is 20.8 Å². The van der Waals surface area contributed by atoms with Gasteiger partial charge < -0.3 is 10.4 Å². The number of nitro benzene ring substituents is 1. The Hall–Kier alpha value is -2.70. The van der Waals surface area contributed by atoms with Crippen LogP contribution < -0.4 is 5.32 Å². The van der Waals surface area contributed by atoms with E-state index in [1.165, 1.54) is 18.2 Å². The van der Waals surface area contributed by atoms with Gasteiger partial charge in [0.05, 0.1) is 4.92 Å². The molecule has 1 rings (SSSR count). The van der Waals surface area contributed by atoms with Crippen molar-refractivity contribution in [1.82, 2.24) is 5.32 Å². The molecule has 0 spiro atoms. The third kappa shape index (κ3) is 4.91. The molecule has 1 amide bonds. The van der Waals surface area contributed by atoms with Gasteiger partial charge in [-0.05, 0) is 24.3 Å². The van der Waals surface area contributed by atoms with Gasteiger partial charge in [-0.25, -0.2) is 4.79 Å². The number of nitro groups is 1. The number of hydrogen-bond donors (Lipinski definition) is 2. The van der Waals surface area contributed by atoms with Crippen LogP contribution in [0.3, 0.4) is 0 Å². The van der Waals surface area contributed by atoms with Crippen LogP contribution in [0.25, 0.3) is 0 Å². The van der Waals surface area contributed by atoms with Crippen molar-refractivity contribution < 1.29 is 19.6 Å². The van der Waals surface area contributed by atoms with E-state index in [9.17, 15) is 19.7 Å². The molecular weight excluding hydrogens is 312 g/mol. The number of hydrogen-bond acceptors (Lipinski definition) is 4. The molecule has 0 saturated heterocycles. The maximum Gasteiger partial charge on any atom is 0.326 e. The second-order valence-corrected chi connectivity index (χ2v) is 6.47. The minimum Gasteiger partial charge on any atom is -0.480 e. The molecule has 7 heteroatoms. The molecule has 0 fully saturated rings. The van der Waals surface area contributed by atoms with Crippen molar-refractivity contribution in [1.29, 1.82) is 0 Å². The summed E-state index contributed by atoms with van der Waals surface area (Å²) < 4.78 is 0. The van der Waals surface area contributed by atoms with Gasteiger partial charge in [0.15, 0.2) is 0 Å². The van der Waals surface area contributed by atoms with Gasteiger partial charge in [-0.3, -0.25) is 14.9 Å². The molecule has 2 N–H and O–H groups in total. The van der Waals surface area contributed by atoms with Crippen LogP contribution in [0.2, 0.25) is 0 Å². The molecule has 1 aromatic rings. The Labute approximate surface area is 140 Å². The summed E-state index contributed by atoms with van der Waals surface area (Å²) >= 11 is 0. The second kappa shape index (κ2) is 7.72. The zero-order chi connectivity index (χ0) is 18.5. The Kier molecular flexibility index (Phi) is 6.22. The molecule has 7 nitrogen and oxygen atoms in total. The molecule has 0 radical (unpaired) electrons. The van der Waals surface area contributed by atoms with E-state index in [0.29, 0.717) is 12.0 Å². The summed E-state index contributed by atoms with van der Waals surface area (Å²) in [4.78, 5) is 34.2. The van der Waals surface area contributed by atoms with Crippen molar-refractivity contribution >= 4 is 17.6 Å². The molecule has 0 aromatic heterocycles. The number of allylic oxidation sites excluding steroid dienone is 1. The molecule has 0 bridgehead atoms. The van der Waals surface area contributed by atoms with Crippen LogP contribution in [0.1, 0.15) is 49.5 Å². The first-order valence-corrected chi connectivity index (χ1v) is 7.51. The molecule has 0 aliphatic carbocycles. The smallest absolute Gasteiger partial charge is 0.326 e. The maximum absolute atomic E-state index is 12.2. The molecule has 1 aromatic carbocycles. The van der Waals surface area contributed by atoms with Crippen LogP contribution in [0.15, 0.2) is 30.9 Å². The number of nitrogens with zero attached hydrogens (tertiary/aromatic N) is 1. The highest BCUT2D eigenvalue weighted by Gasteiger charge is 2.27. The quantitative estimate of drug-likeness (QED) is 0.452. The summed E-state index contributed by atoms with van der Waals surface area (Å²) in [7, 11) is 0. The van der Waals surface area contributed by atoms with Crippen molar-refractivity contribution in [3.63, 3.8) is 0 Å². The highest BCUT2D eigenvalue weighted by molar-refractivity contribution is 5.97. The minimum absolute atomic E-state index is 0.0551. The third-order valence-electron chi connectivity index (χ3n) is 3.53. The van der Waals surface area contributed by atoms with E-state index in [-0.39, 0.29) is 17.7 Å². The van der Waals surface area contributed by atoms with Gasteiger partial charge in [0, 0.05) is 17.2 Å². The van der Waals surface area contributed by atoms with Gasteiger partial charge in [-0.1, -0.05) is 32.9 Å². The van der Waals surface area contributed by atoms with E-state index in [2.05, 4.69) is 11.9 Å². The van der Waals surface area contributed by atoms with Crippen molar-refractivity contribution in [2.75, 3.05) is 0 Å². The van der Waals surface area contributed by atoms with Crippen molar-refractivity contribution in [2.24, 2.45) is 0 Å². The lowest BCUT2D eigenvalue weighted by Crippen LogP contribution is -2.40. The van der Waals surface area contributed by atoms with Gasteiger partial charge in [0.25, 0.3) is 11.6 Å². The molecule has 130 valence electrons. The lowest BCUT2D eigenvalue weighted by molar-refractivity contribution is -0.386. The number of amides is 1. The molecule has 0 aliphatic heterocycles. The average molecular weight is 334 g/mol. The van der Waals surface area contributed by atoms with E-state index < -0.39 is 28.3 Å². The first-order valence-electron chi connectivity index (χ1n) is 7.51. The van der Waals surface area contributed by atoms with Gasteiger partial charge in [0.2, 0.25) is 0 Å². The number of carboxylic acid groups (broad SMARTS) is 1. The Bertz CT molecular complexity index is 661. The highest BCUT2D eigenvalue weighted by atomic mass is 16.6. The summed E-state index contributed by atoms with van der Waals surface area (Å²) in [6.07, 6.45) is 2.19. The number of rotatable bonds is 7. The fourth-order valence-corrected chi connectivity index (χ4v) is 2.24. The van der Waals surface area contributed by atoms with Crippen LogP contribution in [0.5, 0.6) is 0 Å². The highest BCUT2D eigenvalue weighted by Crippen LogP contribution is 2.31. The number of aliphatic carboxylic acids is 1. The normalized spacial score (nSPS) is 12.3. The fraction of sp³-hybridized carbons (Fsp3) is 0.412. The summed E-state index contributed by atoms with van der Waals surface area (Å²) in [5.41, 5.74) is -0.0523. The van der Waals surface area contributed by atoms with E-state index in [4.69, 9.17) is 5.11 Å². The van der Waals surface area contributed by atoms with Gasteiger partial charge >= 0.3 is 5.97 Å². The standard InChI is InChI=1S/C17H22N2O5/c1-5-6-7-13(16(21)22)18-15(20)11-8-9-12(17(2,3)4)14(10-11)19(23)24/h5,8-10,13H,1,6-7H2,2-4H3,(H,18,20)(H,21,22). The lowest BCUT2D eigenvalue weighted by Gasteiger charge is -2.19. The largest absolute Gasteiger partial charge is 0.480 e. The number of nitrogens with one attached hydrogen (secondary N) is 1. The van der Waals surface area contributed by atoms with Crippen LogP contribution in [-0.2, 0) is 10.2 Å². The predicted molar refractivity (Wildman–Crippen MR) is 90.1 cm³/mol. The molecule has 0 heterocycles. The topological polar surface area (TPSA) is 110 Å². The summed E-state index contributed by atoms with van der Waals surface area (Å²) in [6.45, 7) is 9.03. The molecule has 24 heavy (non-hydrogen) atoms. The van der Waals surface area contributed by atoms with Crippen molar-refractivity contribution in [3.8, 4) is 0 Å². The van der Waals surface area contributed by atoms with E-state index in [1.54, 1.807) is 6.08 Å². The molecule has 1 unspecified atom stereocenters. The maximum atomic E-state index is 12.2. The Morgan fingerprint density at radius 1 is 1.42 bits per heavy atom. The molecule has 1 atom stereocenters. The SMILES string of the molecule is C=CCCC(NC(=O)c1ccc(C(C)(C)C)c([N+](=O)[O-])c1)C(=O)O. The zero-order valence-corrected chi connectivity index (χ0v) is 14.0. The van der Waals surface area contributed by atoms with E-state index >= 15 is 0 Å². The zero-order valence-electron chi connectivity index (χ0n) is 14.0. The van der Waals surface area contributed by atoms with Crippen LogP contribution in [0, 0.1) is 10.1 Å². The third-order valence-corrected chi connectivity index (χ3v) is 3.53. The molecule has 0 saturated carbocycles. The number of carbonyl (C=O) groups is 2. The monoisotopic (exact) mass is 334 g/mol. The summed E-state index contributed by atoms with van der Waals surface area (Å²) in [5.74, 6) is -1.82. The van der Waals surface area contributed by atoms with Gasteiger partial charge in [-0.2, -0.15) is 0 Å². The Balaban J connectivity index is 3.11. The number of carboxylic acids is 1. The second-order valence-electron chi connectivity index (χ2n) is 6.47. The number of carbonyl (C=O) groups excluding carboxylic acids is 1. The average Bonchev–Trinajstić information content (AvgIpc) is 2.49. The van der Waals surface area contributed by atoms with E-state index in [0.717, 1.165) is 0 Å². The van der Waals surface area contributed by atoms with Gasteiger partial charge in [-0.15, -0.1) is 6.58 Å². The summed E-state index contributed by atoms with van der Waals surface area (Å²) in [5, 5.41) is 22.8. The molecule has 0 aliphatic rings. The van der Waals surface area contributed by atoms with Crippen molar-refractivity contribution in [2.45, 2.75) is 45.1 Å². The van der Waals surface area contributed by atoms with Crippen LogP contribution in [0.4, 0.5) is 5.69 Å². The lowest BCUT2D eigenvalue weighted by atomic mass is 9.85. The minimum atomic E-state index is -1.16.